The maximum Gasteiger partial charge on any atom is 0.335 e. The van der Waals surface area contributed by atoms with Crippen LogP contribution in [0, 0.1) is 22.7 Å². The molecule has 1 aliphatic heterocycles. The fourth-order valence-corrected chi connectivity index (χ4v) is 10.7. The van der Waals surface area contributed by atoms with Gasteiger partial charge in [0.2, 0.25) is 0 Å². The Labute approximate surface area is 299 Å². The maximum absolute atomic E-state index is 12.3. The van der Waals surface area contributed by atoms with Gasteiger partial charge in [-0.05, 0) is 100 Å². The second-order valence-electron chi connectivity index (χ2n) is 15.6. The number of esters is 3. The number of allylic oxidation sites excluding steroid dienone is 1. The summed E-state index contributed by atoms with van der Waals surface area (Å²) in [6, 6.07) is 3.44. The summed E-state index contributed by atoms with van der Waals surface area (Å²) in [5.41, 5.74) is 1.45. The van der Waals surface area contributed by atoms with Crippen LogP contribution in [0.2, 0.25) is 0 Å². The monoisotopic (exact) mass is 714 g/mol. The van der Waals surface area contributed by atoms with Crippen molar-refractivity contribution in [1.29, 1.82) is 0 Å². The van der Waals surface area contributed by atoms with Gasteiger partial charge in [-0.2, -0.15) is 0 Å². The van der Waals surface area contributed by atoms with E-state index in [1.807, 2.05) is 13.0 Å². The lowest BCUT2D eigenvalue weighted by atomic mass is 9.45. The van der Waals surface area contributed by atoms with E-state index in [1.54, 1.807) is 13.2 Å². The SMILES string of the molecule is CCOCO[C@]12CC[C@H](c3ccc(=O)oc3)[C@@]1(C)CC[C@H]1[C@H]2CCC2=C[C@@H](O[C@@H]3O[C@@H](C)[C@H](OC(C)=O)[C@@H](OC(C)=O)[C@H]3OC(C)=O)CC[C@@]21C. The van der Waals surface area contributed by atoms with Crippen molar-refractivity contribution < 1.29 is 52.0 Å². The van der Waals surface area contributed by atoms with E-state index in [-0.39, 0.29) is 40.9 Å². The fraction of sp³-hybridized carbons (Fsp3) is 0.744. The molecule has 12 nitrogen and oxygen atoms in total. The molecule has 12 atom stereocenters. The Balaban J connectivity index is 1.25. The predicted molar refractivity (Wildman–Crippen MR) is 182 cm³/mol. The average molecular weight is 715 g/mol. The minimum Gasteiger partial charge on any atom is -0.456 e. The molecule has 6 rings (SSSR count). The van der Waals surface area contributed by atoms with Crippen molar-refractivity contribution in [3.05, 3.63) is 46.0 Å². The molecule has 0 aromatic carbocycles. The first-order chi connectivity index (χ1) is 24.2. The maximum atomic E-state index is 12.3. The van der Waals surface area contributed by atoms with Crippen molar-refractivity contribution in [2.75, 3.05) is 13.4 Å². The molecule has 0 N–H and O–H groups in total. The first kappa shape index (κ1) is 37.7. The minimum atomic E-state index is -1.14. The summed E-state index contributed by atoms with van der Waals surface area (Å²) in [7, 11) is 0. The number of ether oxygens (including phenoxy) is 7. The van der Waals surface area contributed by atoms with Crippen LogP contribution in [0.4, 0.5) is 0 Å². The quantitative estimate of drug-likeness (QED) is 0.0957. The summed E-state index contributed by atoms with van der Waals surface area (Å²) in [6.45, 7) is 13.1. The fourth-order valence-electron chi connectivity index (χ4n) is 10.7. The third-order valence-corrected chi connectivity index (χ3v) is 12.9. The van der Waals surface area contributed by atoms with Gasteiger partial charge >= 0.3 is 23.5 Å². The third kappa shape index (κ3) is 6.93. The van der Waals surface area contributed by atoms with Crippen molar-refractivity contribution >= 4 is 17.9 Å². The van der Waals surface area contributed by atoms with E-state index in [0.717, 1.165) is 50.5 Å². The minimum absolute atomic E-state index is 0.0690. The Morgan fingerprint density at radius 3 is 2.24 bits per heavy atom. The van der Waals surface area contributed by atoms with Gasteiger partial charge in [0.1, 0.15) is 6.79 Å². The van der Waals surface area contributed by atoms with Crippen molar-refractivity contribution in [2.24, 2.45) is 22.7 Å². The molecule has 1 saturated heterocycles. The van der Waals surface area contributed by atoms with Crippen LogP contribution in [-0.4, -0.2) is 73.7 Å². The normalized spacial score (nSPS) is 40.2. The molecule has 2 heterocycles. The summed E-state index contributed by atoms with van der Waals surface area (Å²) in [5, 5.41) is 0. The Bertz CT molecular complexity index is 1530. The lowest BCUT2D eigenvalue weighted by Crippen LogP contribution is -2.62. The van der Waals surface area contributed by atoms with Crippen LogP contribution in [0.1, 0.15) is 111 Å². The van der Waals surface area contributed by atoms with Gasteiger partial charge in [-0.25, -0.2) is 4.79 Å². The van der Waals surface area contributed by atoms with E-state index in [4.69, 9.17) is 37.6 Å². The molecule has 0 unspecified atom stereocenters. The zero-order valence-electron chi connectivity index (χ0n) is 31.0. The first-order valence-corrected chi connectivity index (χ1v) is 18.6. The molecule has 0 radical (unpaired) electrons. The molecule has 282 valence electrons. The second-order valence-corrected chi connectivity index (χ2v) is 15.6. The topological polar surface area (TPSA) is 146 Å². The van der Waals surface area contributed by atoms with Crippen molar-refractivity contribution in [1.82, 2.24) is 0 Å². The van der Waals surface area contributed by atoms with Crippen LogP contribution < -0.4 is 5.63 Å². The molecule has 4 fully saturated rings. The van der Waals surface area contributed by atoms with Gasteiger partial charge in [-0.1, -0.05) is 25.5 Å². The van der Waals surface area contributed by atoms with E-state index in [1.165, 1.54) is 32.4 Å². The Kier molecular flexibility index (Phi) is 10.9. The Hall–Kier alpha value is -3.06. The van der Waals surface area contributed by atoms with Gasteiger partial charge in [-0.15, -0.1) is 0 Å². The summed E-state index contributed by atoms with van der Waals surface area (Å²) >= 11 is 0. The predicted octanol–water partition coefficient (Wildman–Crippen LogP) is 5.74. The highest BCUT2D eigenvalue weighted by Crippen LogP contribution is 2.71. The van der Waals surface area contributed by atoms with Gasteiger partial charge in [-0.3, -0.25) is 14.4 Å². The second kappa shape index (κ2) is 14.8. The van der Waals surface area contributed by atoms with E-state index < -0.39 is 48.6 Å². The number of hydrogen-bond acceptors (Lipinski definition) is 12. The molecule has 0 spiro atoms. The van der Waals surface area contributed by atoms with Crippen LogP contribution in [0.5, 0.6) is 0 Å². The van der Waals surface area contributed by atoms with Crippen LogP contribution >= 0.6 is 0 Å². The number of fused-ring (bicyclic) bond motifs is 5. The van der Waals surface area contributed by atoms with Gasteiger partial charge in [0.15, 0.2) is 24.6 Å². The van der Waals surface area contributed by atoms with Crippen molar-refractivity contribution in [2.45, 2.75) is 148 Å². The zero-order valence-corrected chi connectivity index (χ0v) is 31.0. The van der Waals surface area contributed by atoms with Gasteiger partial charge in [0.25, 0.3) is 0 Å². The zero-order chi connectivity index (χ0) is 36.7. The molecule has 1 aromatic rings. The summed E-state index contributed by atoms with van der Waals surface area (Å²) in [4.78, 5) is 48.2. The number of rotatable bonds is 10. The Morgan fingerprint density at radius 1 is 0.863 bits per heavy atom. The number of carbonyl (C=O) groups is 3. The summed E-state index contributed by atoms with van der Waals surface area (Å²) in [6.07, 6.45) is 5.90. The van der Waals surface area contributed by atoms with Crippen LogP contribution in [0.25, 0.3) is 0 Å². The lowest BCUT2D eigenvalue weighted by molar-refractivity contribution is -0.308. The van der Waals surface area contributed by atoms with Crippen molar-refractivity contribution in [3.63, 3.8) is 0 Å². The van der Waals surface area contributed by atoms with E-state index in [9.17, 15) is 19.2 Å². The molecule has 0 bridgehead atoms. The molecular formula is C39H54O12. The molecule has 3 saturated carbocycles. The lowest BCUT2D eigenvalue weighted by Gasteiger charge is -2.63. The molecule has 0 amide bonds. The van der Waals surface area contributed by atoms with E-state index >= 15 is 0 Å². The van der Waals surface area contributed by atoms with Gasteiger partial charge in [0.05, 0.1) is 24.1 Å². The largest absolute Gasteiger partial charge is 0.456 e. The molecular weight excluding hydrogens is 660 g/mol. The molecule has 1 aromatic heterocycles. The van der Waals surface area contributed by atoms with Crippen molar-refractivity contribution in [3.8, 4) is 0 Å². The molecule has 4 aliphatic carbocycles. The highest BCUT2D eigenvalue weighted by atomic mass is 16.7. The molecule has 5 aliphatic rings. The highest BCUT2D eigenvalue weighted by Gasteiger charge is 2.68. The van der Waals surface area contributed by atoms with Gasteiger partial charge < -0.3 is 37.6 Å². The standard InChI is InChI=1S/C39H54O12/c1-8-44-21-46-39-18-15-29(26-9-12-32(43)45-20-26)38(39,7)17-14-30-31(39)11-10-27-19-28(13-16-37(27,30)6)51-36-35(50-25(5)42)34(49-24(4)41)33(22(2)47-36)48-23(3)40/h9,12,19-20,22,28-31,33-36H,8,10-11,13-18,21H2,1-7H3/t22-,28-,29+,30-,31+,33-,34+,35+,36-,37-,38+,39-/m0/s1. The molecule has 12 heteroatoms. The summed E-state index contributed by atoms with van der Waals surface area (Å²) < 4.78 is 47.6. The first-order valence-electron chi connectivity index (χ1n) is 18.6. The number of carbonyl (C=O) groups excluding carboxylic acids is 3. The van der Waals surface area contributed by atoms with Crippen LogP contribution in [0.15, 0.2) is 39.3 Å². The van der Waals surface area contributed by atoms with E-state index in [0.29, 0.717) is 24.9 Å². The van der Waals surface area contributed by atoms with Gasteiger partial charge in [0, 0.05) is 38.9 Å². The van der Waals surface area contributed by atoms with Crippen LogP contribution in [-0.2, 0) is 47.5 Å². The van der Waals surface area contributed by atoms with E-state index in [2.05, 4.69) is 19.9 Å². The smallest absolute Gasteiger partial charge is 0.335 e. The Morgan fingerprint density at radius 2 is 1.57 bits per heavy atom. The third-order valence-electron chi connectivity index (χ3n) is 12.9. The average Bonchev–Trinajstić information content (AvgIpc) is 3.37. The number of hydrogen-bond donors (Lipinski definition) is 0. The van der Waals surface area contributed by atoms with Crippen LogP contribution in [0.3, 0.4) is 0 Å². The molecule has 51 heavy (non-hydrogen) atoms. The highest BCUT2D eigenvalue weighted by molar-refractivity contribution is 5.68. The summed E-state index contributed by atoms with van der Waals surface area (Å²) in [5.74, 6) is -0.874.